The molecular formula is C9H9BrN2. The molecule has 0 fully saturated rings. The van der Waals surface area contributed by atoms with Crippen molar-refractivity contribution in [2.45, 2.75) is 12.5 Å². The van der Waals surface area contributed by atoms with Crippen LogP contribution in [0.1, 0.15) is 18.0 Å². The fourth-order valence-corrected chi connectivity index (χ4v) is 1.71. The van der Waals surface area contributed by atoms with Crippen molar-refractivity contribution in [3.63, 3.8) is 0 Å². The van der Waals surface area contributed by atoms with E-state index < -0.39 is 0 Å². The monoisotopic (exact) mass is 224 g/mol. The Hall–Kier alpha value is -0.830. The number of hydrogen-bond donors (Lipinski definition) is 1. The molecule has 1 atom stereocenters. The van der Waals surface area contributed by atoms with Gasteiger partial charge in [-0.25, -0.2) is 0 Å². The van der Waals surface area contributed by atoms with E-state index in [2.05, 4.69) is 38.6 Å². The fourth-order valence-electron chi connectivity index (χ4n) is 1.29. The summed E-state index contributed by atoms with van der Waals surface area (Å²) in [6.07, 6.45) is 0.948. The first-order chi connectivity index (χ1) is 5.86. The summed E-state index contributed by atoms with van der Waals surface area (Å²) in [5.74, 6) is 0. The third-order valence-corrected chi connectivity index (χ3v) is 2.42. The SMILES string of the molecule is BrC1=NNC(c2ccccc2)C1. The summed E-state index contributed by atoms with van der Waals surface area (Å²) in [5.41, 5.74) is 4.35. The Labute approximate surface area is 79.8 Å². The van der Waals surface area contributed by atoms with Crippen molar-refractivity contribution in [2.24, 2.45) is 5.10 Å². The second-order valence-corrected chi connectivity index (χ2v) is 3.70. The van der Waals surface area contributed by atoms with Gasteiger partial charge < -0.3 is 5.43 Å². The van der Waals surface area contributed by atoms with Gasteiger partial charge in [0, 0.05) is 6.42 Å². The number of rotatable bonds is 1. The highest BCUT2D eigenvalue weighted by Gasteiger charge is 2.17. The van der Waals surface area contributed by atoms with Crippen molar-refractivity contribution in [2.75, 3.05) is 0 Å². The number of nitrogens with one attached hydrogen (secondary N) is 1. The van der Waals surface area contributed by atoms with Crippen LogP contribution in [-0.2, 0) is 0 Å². The molecule has 3 heteroatoms. The summed E-state index contributed by atoms with van der Waals surface area (Å²) in [7, 11) is 0. The first kappa shape index (κ1) is 7.80. The summed E-state index contributed by atoms with van der Waals surface area (Å²) in [5, 5.41) is 4.08. The summed E-state index contributed by atoms with van der Waals surface area (Å²) in [4.78, 5) is 0. The predicted molar refractivity (Wildman–Crippen MR) is 53.3 cm³/mol. The predicted octanol–water partition coefficient (Wildman–Crippen LogP) is 2.43. The van der Waals surface area contributed by atoms with E-state index in [1.165, 1.54) is 5.56 Å². The molecule has 1 aliphatic heterocycles. The van der Waals surface area contributed by atoms with E-state index in [0.29, 0.717) is 6.04 Å². The molecule has 0 radical (unpaired) electrons. The van der Waals surface area contributed by atoms with Gasteiger partial charge in [-0.15, -0.1) is 0 Å². The number of hydrogen-bond acceptors (Lipinski definition) is 2. The zero-order chi connectivity index (χ0) is 8.39. The molecule has 0 saturated carbocycles. The maximum absolute atomic E-state index is 4.08. The summed E-state index contributed by atoms with van der Waals surface area (Å²) < 4.78 is 0.997. The molecule has 0 saturated heterocycles. The van der Waals surface area contributed by atoms with Crippen LogP contribution in [0.15, 0.2) is 35.4 Å². The molecule has 62 valence electrons. The summed E-state index contributed by atoms with van der Waals surface area (Å²) >= 11 is 3.36. The van der Waals surface area contributed by atoms with Gasteiger partial charge in [-0.1, -0.05) is 30.3 Å². The minimum absolute atomic E-state index is 0.348. The van der Waals surface area contributed by atoms with Gasteiger partial charge in [-0.2, -0.15) is 5.10 Å². The van der Waals surface area contributed by atoms with Crippen LogP contribution < -0.4 is 5.43 Å². The van der Waals surface area contributed by atoms with E-state index in [0.717, 1.165) is 11.0 Å². The zero-order valence-electron chi connectivity index (χ0n) is 6.50. The van der Waals surface area contributed by atoms with Crippen LogP contribution in [-0.4, -0.2) is 4.62 Å². The lowest BCUT2D eigenvalue weighted by atomic mass is 10.1. The van der Waals surface area contributed by atoms with Crippen LogP contribution in [0, 0.1) is 0 Å². The van der Waals surface area contributed by atoms with Crippen LogP contribution in [0.5, 0.6) is 0 Å². The highest BCUT2D eigenvalue weighted by atomic mass is 79.9. The Morgan fingerprint density at radius 2 is 2.08 bits per heavy atom. The number of halogens is 1. The molecule has 1 aromatic rings. The molecule has 1 aliphatic rings. The third-order valence-electron chi connectivity index (χ3n) is 1.92. The quantitative estimate of drug-likeness (QED) is 0.779. The molecule has 1 heterocycles. The van der Waals surface area contributed by atoms with Crippen molar-refractivity contribution < 1.29 is 0 Å². The largest absolute Gasteiger partial charge is 0.301 e. The van der Waals surface area contributed by atoms with E-state index in [1.807, 2.05) is 18.2 Å². The Kier molecular flexibility index (Phi) is 2.13. The normalized spacial score (nSPS) is 21.8. The van der Waals surface area contributed by atoms with Gasteiger partial charge in [0.1, 0.15) is 4.62 Å². The number of benzene rings is 1. The number of hydrazone groups is 1. The molecule has 0 bridgehead atoms. The molecular weight excluding hydrogens is 216 g/mol. The minimum atomic E-state index is 0.348. The van der Waals surface area contributed by atoms with Gasteiger partial charge in [-0.05, 0) is 21.5 Å². The zero-order valence-corrected chi connectivity index (χ0v) is 8.08. The minimum Gasteiger partial charge on any atom is -0.301 e. The lowest BCUT2D eigenvalue weighted by Crippen LogP contribution is -2.08. The van der Waals surface area contributed by atoms with Crippen LogP contribution in [0.2, 0.25) is 0 Å². The standard InChI is InChI=1S/C9H9BrN2/c10-9-6-8(11-12-9)7-4-2-1-3-5-7/h1-5,8,11H,6H2. The average Bonchev–Trinajstić information content (AvgIpc) is 2.54. The van der Waals surface area contributed by atoms with Crippen LogP contribution in [0.4, 0.5) is 0 Å². The molecule has 1 N–H and O–H groups in total. The number of nitrogens with zero attached hydrogens (tertiary/aromatic N) is 1. The molecule has 12 heavy (non-hydrogen) atoms. The van der Waals surface area contributed by atoms with E-state index in [-0.39, 0.29) is 0 Å². The molecule has 1 aromatic carbocycles. The molecule has 1 unspecified atom stereocenters. The molecule has 0 spiro atoms. The van der Waals surface area contributed by atoms with Crippen molar-refractivity contribution >= 4 is 20.6 Å². The smallest absolute Gasteiger partial charge is 0.105 e. The summed E-state index contributed by atoms with van der Waals surface area (Å²) in [6.45, 7) is 0. The Bertz CT molecular complexity index is 295. The van der Waals surface area contributed by atoms with Gasteiger partial charge in [0.2, 0.25) is 0 Å². The molecule has 0 aromatic heterocycles. The second kappa shape index (κ2) is 3.27. The van der Waals surface area contributed by atoms with Crippen molar-refractivity contribution in [1.29, 1.82) is 0 Å². The van der Waals surface area contributed by atoms with E-state index >= 15 is 0 Å². The third kappa shape index (κ3) is 1.50. The van der Waals surface area contributed by atoms with Crippen molar-refractivity contribution in [1.82, 2.24) is 5.43 Å². The first-order valence-electron chi connectivity index (χ1n) is 3.89. The van der Waals surface area contributed by atoms with Gasteiger partial charge in [0.25, 0.3) is 0 Å². The van der Waals surface area contributed by atoms with E-state index in [9.17, 15) is 0 Å². The second-order valence-electron chi connectivity index (χ2n) is 2.78. The first-order valence-corrected chi connectivity index (χ1v) is 4.68. The van der Waals surface area contributed by atoms with Gasteiger partial charge in [-0.3, -0.25) is 0 Å². The van der Waals surface area contributed by atoms with Crippen LogP contribution in [0.3, 0.4) is 0 Å². The Morgan fingerprint density at radius 1 is 1.33 bits per heavy atom. The lowest BCUT2D eigenvalue weighted by molar-refractivity contribution is 0.620. The topological polar surface area (TPSA) is 24.4 Å². The van der Waals surface area contributed by atoms with E-state index in [1.54, 1.807) is 0 Å². The molecule has 0 amide bonds. The van der Waals surface area contributed by atoms with Crippen molar-refractivity contribution in [3.05, 3.63) is 35.9 Å². The maximum atomic E-state index is 4.08. The van der Waals surface area contributed by atoms with Gasteiger partial charge in [0.05, 0.1) is 6.04 Å². The van der Waals surface area contributed by atoms with E-state index in [4.69, 9.17) is 0 Å². The van der Waals surface area contributed by atoms with Crippen LogP contribution >= 0.6 is 15.9 Å². The molecule has 2 nitrogen and oxygen atoms in total. The maximum Gasteiger partial charge on any atom is 0.105 e. The Morgan fingerprint density at radius 3 is 2.67 bits per heavy atom. The lowest BCUT2D eigenvalue weighted by Gasteiger charge is -2.08. The van der Waals surface area contributed by atoms with Crippen LogP contribution in [0.25, 0.3) is 0 Å². The molecule has 2 rings (SSSR count). The highest BCUT2D eigenvalue weighted by Crippen LogP contribution is 2.22. The van der Waals surface area contributed by atoms with Gasteiger partial charge in [0.15, 0.2) is 0 Å². The Balaban J connectivity index is 2.14. The fraction of sp³-hybridized carbons (Fsp3) is 0.222. The average molecular weight is 225 g/mol. The highest BCUT2D eigenvalue weighted by molar-refractivity contribution is 9.18. The summed E-state index contributed by atoms with van der Waals surface area (Å²) in [6, 6.07) is 10.7. The van der Waals surface area contributed by atoms with Crippen molar-refractivity contribution in [3.8, 4) is 0 Å². The molecule has 0 aliphatic carbocycles. The van der Waals surface area contributed by atoms with Gasteiger partial charge >= 0.3 is 0 Å².